The highest BCUT2D eigenvalue weighted by atomic mass is 35.6. The zero-order valence-electron chi connectivity index (χ0n) is 11.4. The fourth-order valence-electron chi connectivity index (χ4n) is 1.19. The molecule has 6 heteroatoms. The van der Waals surface area contributed by atoms with Gasteiger partial charge in [0, 0.05) is 17.7 Å². The SMILES string of the molecule is C=C(C)COc1cc(C(Cl)(Cl)Cl)cc(OCC(=C)C)n1. The van der Waals surface area contributed by atoms with E-state index in [0.29, 0.717) is 30.5 Å². The number of rotatable bonds is 6. The summed E-state index contributed by atoms with van der Waals surface area (Å²) in [5.74, 6) is 0.627. The zero-order valence-corrected chi connectivity index (χ0v) is 13.6. The number of aromatic nitrogens is 1. The Kier molecular flexibility index (Phi) is 6.18. The predicted octanol–water partition coefficient (Wildman–Crippen LogP) is 4.82. The minimum absolute atomic E-state index is 0.313. The molecule has 3 nitrogen and oxygen atoms in total. The van der Waals surface area contributed by atoms with Gasteiger partial charge in [-0.3, -0.25) is 0 Å². The molecule has 0 fully saturated rings. The average molecular weight is 337 g/mol. The van der Waals surface area contributed by atoms with Crippen LogP contribution in [0.15, 0.2) is 36.4 Å². The van der Waals surface area contributed by atoms with E-state index < -0.39 is 3.79 Å². The fraction of sp³-hybridized carbons (Fsp3) is 0.357. The molecule has 0 N–H and O–H groups in total. The number of hydrogen-bond donors (Lipinski definition) is 0. The predicted molar refractivity (Wildman–Crippen MR) is 84.1 cm³/mol. The number of halogens is 3. The van der Waals surface area contributed by atoms with Crippen molar-refractivity contribution in [2.24, 2.45) is 0 Å². The van der Waals surface area contributed by atoms with E-state index in [1.807, 2.05) is 13.8 Å². The quantitative estimate of drug-likeness (QED) is 0.551. The molecule has 0 radical (unpaired) electrons. The summed E-state index contributed by atoms with van der Waals surface area (Å²) in [7, 11) is 0. The Balaban J connectivity index is 3.01. The summed E-state index contributed by atoms with van der Waals surface area (Å²) in [6.45, 7) is 11.8. The highest BCUT2D eigenvalue weighted by molar-refractivity contribution is 6.66. The topological polar surface area (TPSA) is 31.4 Å². The van der Waals surface area contributed by atoms with Crippen LogP contribution < -0.4 is 9.47 Å². The van der Waals surface area contributed by atoms with Crippen LogP contribution in [0.1, 0.15) is 19.4 Å². The van der Waals surface area contributed by atoms with Gasteiger partial charge in [0.15, 0.2) is 0 Å². The first-order chi connectivity index (χ1) is 9.18. The van der Waals surface area contributed by atoms with Crippen molar-refractivity contribution in [2.45, 2.75) is 17.6 Å². The molecule has 110 valence electrons. The molecule has 1 aromatic rings. The van der Waals surface area contributed by atoms with Gasteiger partial charge in [0.1, 0.15) is 13.2 Å². The third kappa shape index (κ3) is 6.04. The van der Waals surface area contributed by atoms with E-state index in [4.69, 9.17) is 44.3 Å². The molecule has 0 bridgehead atoms. The van der Waals surface area contributed by atoms with Crippen LogP contribution in [0.25, 0.3) is 0 Å². The van der Waals surface area contributed by atoms with Gasteiger partial charge in [-0.2, -0.15) is 4.98 Å². The van der Waals surface area contributed by atoms with Crippen molar-refractivity contribution in [1.29, 1.82) is 0 Å². The van der Waals surface area contributed by atoms with Gasteiger partial charge in [-0.1, -0.05) is 48.0 Å². The average Bonchev–Trinajstić information content (AvgIpc) is 2.32. The van der Waals surface area contributed by atoms with E-state index >= 15 is 0 Å². The largest absolute Gasteiger partial charge is 0.473 e. The zero-order chi connectivity index (χ0) is 15.3. The second-order valence-electron chi connectivity index (χ2n) is 4.52. The van der Waals surface area contributed by atoms with Crippen molar-refractivity contribution < 1.29 is 9.47 Å². The lowest BCUT2D eigenvalue weighted by Crippen LogP contribution is -2.07. The van der Waals surface area contributed by atoms with Crippen LogP contribution in [0.2, 0.25) is 0 Å². The molecule has 0 amide bonds. The molecule has 0 aliphatic carbocycles. The molecular formula is C14H16Cl3NO2. The lowest BCUT2D eigenvalue weighted by molar-refractivity contribution is 0.309. The lowest BCUT2D eigenvalue weighted by Gasteiger charge is -2.15. The summed E-state index contributed by atoms with van der Waals surface area (Å²) in [4.78, 5) is 4.19. The van der Waals surface area contributed by atoms with Crippen LogP contribution in [-0.4, -0.2) is 18.2 Å². The van der Waals surface area contributed by atoms with Gasteiger partial charge in [0.05, 0.1) is 0 Å². The molecule has 1 rings (SSSR count). The highest BCUT2D eigenvalue weighted by Gasteiger charge is 2.25. The maximum atomic E-state index is 5.88. The summed E-state index contributed by atoms with van der Waals surface area (Å²) >= 11 is 17.7. The van der Waals surface area contributed by atoms with Gasteiger partial charge in [0.2, 0.25) is 15.6 Å². The summed E-state index contributed by atoms with van der Waals surface area (Å²) in [6.07, 6.45) is 0. The van der Waals surface area contributed by atoms with Gasteiger partial charge < -0.3 is 9.47 Å². The van der Waals surface area contributed by atoms with Gasteiger partial charge in [-0.05, 0) is 25.0 Å². The first-order valence-electron chi connectivity index (χ1n) is 5.82. The van der Waals surface area contributed by atoms with Gasteiger partial charge in [-0.15, -0.1) is 0 Å². The molecule has 1 heterocycles. The minimum atomic E-state index is -1.58. The van der Waals surface area contributed by atoms with Crippen LogP contribution in [0.3, 0.4) is 0 Å². The molecule has 20 heavy (non-hydrogen) atoms. The maximum Gasteiger partial charge on any atom is 0.217 e. The van der Waals surface area contributed by atoms with E-state index in [0.717, 1.165) is 11.1 Å². The summed E-state index contributed by atoms with van der Waals surface area (Å²) in [5.41, 5.74) is 2.14. The number of hydrogen-bond acceptors (Lipinski definition) is 3. The van der Waals surface area contributed by atoms with E-state index in [-0.39, 0.29) is 0 Å². The summed E-state index contributed by atoms with van der Waals surface area (Å²) in [6, 6.07) is 3.12. The van der Waals surface area contributed by atoms with Crippen molar-refractivity contribution in [3.8, 4) is 11.8 Å². The third-order valence-electron chi connectivity index (χ3n) is 2.04. The van der Waals surface area contributed by atoms with E-state index in [2.05, 4.69) is 18.1 Å². The van der Waals surface area contributed by atoms with Crippen molar-refractivity contribution in [2.75, 3.05) is 13.2 Å². The second kappa shape index (κ2) is 7.21. The smallest absolute Gasteiger partial charge is 0.217 e. The van der Waals surface area contributed by atoms with Crippen LogP contribution in [-0.2, 0) is 3.79 Å². The Morgan fingerprint density at radius 2 is 1.45 bits per heavy atom. The molecule has 0 aliphatic rings. The minimum Gasteiger partial charge on any atom is -0.473 e. The summed E-state index contributed by atoms with van der Waals surface area (Å²) < 4.78 is 9.35. The molecule has 0 saturated heterocycles. The molecule has 0 unspecified atom stereocenters. The Bertz CT molecular complexity index is 473. The molecule has 0 aliphatic heterocycles. The van der Waals surface area contributed by atoms with Crippen molar-refractivity contribution in [3.05, 3.63) is 42.0 Å². The van der Waals surface area contributed by atoms with Gasteiger partial charge >= 0.3 is 0 Å². The first-order valence-corrected chi connectivity index (χ1v) is 6.95. The van der Waals surface area contributed by atoms with Crippen molar-refractivity contribution >= 4 is 34.8 Å². The molecular weight excluding hydrogens is 321 g/mol. The van der Waals surface area contributed by atoms with E-state index in [9.17, 15) is 0 Å². The van der Waals surface area contributed by atoms with Crippen LogP contribution in [0.4, 0.5) is 0 Å². The van der Waals surface area contributed by atoms with E-state index in [1.54, 1.807) is 12.1 Å². The molecule has 0 saturated carbocycles. The summed E-state index contributed by atoms with van der Waals surface area (Å²) in [5, 5.41) is 0. The Morgan fingerprint density at radius 3 is 1.75 bits per heavy atom. The van der Waals surface area contributed by atoms with E-state index in [1.165, 1.54) is 0 Å². The Hall–Kier alpha value is -0.900. The van der Waals surface area contributed by atoms with Crippen LogP contribution >= 0.6 is 34.8 Å². The van der Waals surface area contributed by atoms with Crippen LogP contribution in [0.5, 0.6) is 11.8 Å². The number of pyridine rings is 1. The standard InChI is InChI=1S/C14H16Cl3NO2/c1-9(2)7-19-12-5-11(14(15,16)17)6-13(18-12)20-8-10(3)4/h5-6H,1,3,7-8H2,2,4H3. The lowest BCUT2D eigenvalue weighted by atomic mass is 10.3. The number of ether oxygens (including phenoxy) is 2. The molecule has 0 spiro atoms. The molecule has 1 aromatic heterocycles. The normalized spacial score (nSPS) is 11.1. The fourth-order valence-corrected chi connectivity index (χ4v) is 1.51. The van der Waals surface area contributed by atoms with Crippen LogP contribution in [0, 0.1) is 0 Å². The van der Waals surface area contributed by atoms with Crippen molar-refractivity contribution in [3.63, 3.8) is 0 Å². The second-order valence-corrected chi connectivity index (χ2v) is 6.80. The number of nitrogens with zero attached hydrogens (tertiary/aromatic N) is 1. The monoisotopic (exact) mass is 335 g/mol. The maximum absolute atomic E-state index is 5.88. The van der Waals surface area contributed by atoms with Gasteiger partial charge in [0.25, 0.3) is 0 Å². The molecule has 0 aromatic carbocycles. The molecule has 0 atom stereocenters. The Labute approximate surface area is 134 Å². The third-order valence-corrected chi connectivity index (χ3v) is 2.69. The van der Waals surface area contributed by atoms with Crippen molar-refractivity contribution in [1.82, 2.24) is 4.98 Å². The van der Waals surface area contributed by atoms with Gasteiger partial charge in [-0.25, -0.2) is 0 Å². The first kappa shape index (κ1) is 17.2. The highest BCUT2D eigenvalue weighted by Crippen LogP contribution is 2.40. The Morgan fingerprint density at radius 1 is 1.05 bits per heavy atom. The number of alkyl halides is 3.